The van der Waals surface area contributed by atoms with Crippen LogP contribution in [-0.2, 0) is 17.8 Å². The average molecular weight is 442 g/mol. The Kier molecular flexibility index (Phi) is 8.35. The fraction of sp³-hybridized carbons (Fsp3) is 0.542. The number of hydrogen-bond donors (Lipinski definition) is 2. The Labute approximate surface area is 190 Å². The molecule has 2 saturated heterocycles. The number of hydrogen-bond acceptors (Lipinski definition) is 5. The molecule has 1 unspecified atom stereocenters. The predicted octanol–water partition coefficient (Wildman–Crippen LogP) is 3.08. The van der Waals surface area contributed by atoms with E-state index in [2.05, 4.69) is 67.2 Å². The largest absolute Gasteiger partial charge is 0.379 e. The van der Waals surface area contributed by atoms with Crippen LogP contribution in [0.25, 0.3) is 0 Å². The van der Waals surface area contributed by atoms with Gasteiger partial charge in [-0.05, 0) is 48.5 Å². The molecule has 1 aromatic carbocycles. The van der Waals surface area contributed by atoms with Gasteiger partial charge < -0.3 is 15.4 Å². The van der Waals surface area contributed by atoms with Crippen molar-refractivity contribution in [3.8, 4) is 0 Å². The van der Waals surface area contributed by atoms with Crippen LogP contribution in [-0.4, -0.2) is 68.7 Å². The SMILES string of the molecule is CN=C(NCc1ccccc1CN1CCOCC1)NCC(c1cccs1)N1CCCC1. The van der Waals surface area contributed by atoms with Crippen molar-refractivity contribution in [3.05, 3.63) is 57.8 Å². The molecule has 2 aliphatic heterocycles. The normalized spacial score (nSPS) is 19.5. The molecule has 4 rings (SSSR count). The highest BCUT2D eigenvalue weighted by Crippen LogP contribution is 2.27. The second kappa shape index (κ2) is 11.6. The maximum Gasteiger partial charge on any atom is 0.191 e. The molecule has 0 spiro atoms. The smallest absolute Gasteiger partial charge is 0.191 e. The van der Waals surface area contributed by atoms with Crippen LogP contribution in [0.2, 0.25) is 0 Å². The van der Waals surface area contributed by atoms with Crippen molar-refractivity contribution in [1.82, 2.24) is 20.4 Å². The molecule has 31 heavy (non-hydrogen) atoms. The molecule has 2 aliphatic rings. The molecule has 1 atom stereocenters. The lowest BCUT2D eigenvalue weighted by Crippen LogP contribution is -2.42. The minimum atomic E-state index is 0.412. The first-order valence-electron chi connectivity index (χ1n) is 11.4. The number of nitrogens with zero attached hydrogens (tertiary/aromatic N) is 3. The van der Waals surface area contributed by atoms with E-state index < -0.39 is 0 Å². The molecule has 2 N–H and O–H groups in total. The second-order valence-corrected chi connectivity index (χ2v) is 9.22. The number of aliphatic imine (C=N–C) groups is 1. The predicted molar refractivity (Wildman–Crippen MR) is 129 cm³/mol. The van der Waals surface area contributed by atoms with E-state index in [1.807, 2.05) is 18.4 Å². The molecule has 168 valence electrons. The van der Waals surface area contributed by atoms with E-state index in [-0.39, 0.29) is 0 Å². The van der Waals surface area contributed by atoms with Crippen LogP contribution in [0, 0.1) is 0 Å². The Bertz CT molecular complexity index is 813. The zero-order valence-corrected chi connectivity index (χ0v) is 19.4. The number of benzene rings is 1. The monoisotopic (exact) mass is 441 g/mol. The first-order valence-corrected chi connectivity index (χ1v) is 12.3. The van der Waals surface area contributed by atoms with Crippen LogP contribution < -0.4 is 10.6 Å². The Balaban J connectivity index is 1.33. The van der Waals surface area contributed by atoms with Crippen molar-refractivity contribution in [2.45, 2.75) is 32.0 Å². The third kappa shape index (κ3) is 6.29. The van der Waals surface area contributed by atoms with Gasteiger partial charge in [0.05, 0.1) is 19.3 Å². The molecule has 7 heteroatoms. The summed E-state index contributed by atoms with van der Waals surface area (Å²) in [5.74, 6) is 0.863. The van der Waals surface area contributed by atoms with Gasteiger partial charge in [-0.2, -0.15) is 0 Å². The van der Waals surface area contributed by atoms with Crippen molar-refractivity contribution in [3.63, 3.8) is 0 Å². The van der Waals surface area contributed by atoms with E-state index in [9.17, 15) is 0 Å². The van der Waals surface area contributed by atoms with E-state index in [1.165, 1.54) is 41.9 Å². The molecule has 3 heterocycles. The summed E-state index contributed by atoms with van der Waals surface area (Å²) in [6, 6.07) is 13.5. The lowest BCUT2D eigenvalue weighted by molar-refractivity contribution is 0.0341. The number of thiophene rings is 1. The Morgan fingerprint density at radius 3 is 2.52 bits per heavy atom. The van der Waals surface area contributed by atoms with Gasteiger partial charge in [-0.3, -0.25) is 14.8 Å². The minimum Gasteiger partial charge on any atom is -0.379 e. The summed E-state index contributed by atoms with van der Waals surface area (Å²) in [6.07, 6.45) is 2.60. The molecule has 0 saturated carbocycles. The van der Waals surface area contributed by atoms with Crippen molar-refractivity contribution in [2.24, 2.45) is 4.99 Å². The third-order valence-corrected chi connectivity index (χ3v) is 7.18. The van der Waals surface area contributed by atoms with Crippen LogP contribution in [0.15, 0.2) is 46.8 Å². The molecule has 0 amide bonds. The quantitative estimate of drug-likeness (QED) is 0.487. The van der Waals surface area contributed by atoms with Gasteiger partial charge in [0, 0.05) is 44.6 Å². The maximum atomic E-state index is 5.49. The van der Waals surface area contributed by atoms with Gasteiger partial charge in [-0.1, -0.05) is 30.3 Å². The number of ether oxygens (including phenoxy) is 1. The lowest BCUT2D eigenvalue weighted by atomic mass is 10.1. The summed E-state index contributed by atoms with van der Waals surface area (Å²) in [6.45, 7) is 8.66. The van der Waals surface area contributed by atoms with Crippen LogP contribution in [0.5, 0.6) is 0 Å². The summed E-state index contributed by atoms with van der Waals surface area (Å²) < 4.78 is 5.49. The van der Waals surface area contributed by atoms with E-state index in [4.69, 9.17) is 4.74 Å². The van der Waals surface area contributed by atoms with Crippen LogP contribution in [0.3, 0.4) is 0 Å². The third-order valence-electron chi connectivity index (χ3n) is 6.20. The Hall–Kier alpha value is -1.93. The number of nitrogens with one attached hydrogen (secondary N) is 2. The topological polar surface area (TPSA) is 52.1 Å². The molecule has 0 radical (unpaired) electrons. The summed E-state index contributed by atoms with van der Waals surface area (Å²) in [5.41, 5.74) is 2.70. The Morgan fingerprint density at radius 2 is 1.81 bits per heavy atom. The molecular weight excluding hydrogens is 406 g/mol. The second-order valence-electron chi connectivity index (χ2n) is 8.24. The van der Waals surface area contributed by atoms with E-state index in [0.29, 0.717) is 6.04 Å². The zero-order chi connectivity index (χ0) is 21.3. The molecule has 6 nitrogen and oxygen atoms in total. The summed E-state index contributed by atoms with van der Waals surface area (Å²) in [7, 11) is 1.85. The highest BCUT2D eigenvalue weighted by molar-refractivity contribution is 7.10. The van der Waals surface area contributed by atoms with E-state index in [1.54, 1.807) is 0 Å². The maximum absolute atomic E-state index is 5.49. The minimum absolute atomic E-state index is 0.412. The van der Waals surface area contributed by atoms with Gasteiger partial charge in [0.15, 0.2) is 5.96 Å². The number of guanidine groups is 1. The highest BCUT2D eigenvalue weighted by atomic mass is 32.1. The zero-order valence-electron chi connectivity index (χ0n) is 18.6. The van der Waals surface area contributed by atoms with Crippen LogP contribution >= 0.6 is 11.3 Å². The van der Waals surface area contributed by atoms with E-state index >= 15 is 0 Å². The number of morpholine rings is 1. The summed E-state index contributed by atoms with van der Waals surface area (Å²) >= 11 is 1.85. The number of rotatable bonds is 8. The molecule has 1 aromatic heterocycles. The molecule has 2 fully saturated rings. The fourth-order valence-electron chi connectivity index (χ4n) is 4.42. The number of likely N-dealkylation sites (tertiary alicyclic amines) is 1. The summed E-state index contributed by atoms with van der Waals surface area (Å²) in [4.78, 5) is 11.0. The molecule has 0 aliphatic carbocycles. The van der Waals surface area contributed by atoms with Gasteiger partial charge >= 0.3 is 0 Å². The van der Waals surface area contributed by atoms with Crippen molar-refractivity contribution < 1.29 is 4.74 Å². The van der Waals surface area contributed by atoms with Crippen LogP contribution in [0.1, 0.15) is 34.9 Å². The average Bonchev–Trinajstić information content (AvgIpc) is 3.53. The lowest BCUT2D eigenvalue weighted by Gasteiger charge is -2.28. The first-order chi connectivity index (χ1) is 15.3. The van der Waals surface area contributed by atoms with Crippen molar-refractivity contribution >= 4 is 17.3 Å². The molecule has 2 aromatic rings. The van der Waals surface area contributed by atoms with Gasteiger partial charge in [-0.25, -0.2) is 0 Å². The molecular formula is C24H35N5OS. The Morgan fingerprint density at radius 1 is 1.03 bits per heavy atom. The van der Waals surface area contributed by atoms with Gasteiger partial charge in [0.1, 0.15) is 0 Å². The molecule has 0 bridgehead atoms. The van der Waals surface area contributed by atoms with E-state index in [0.717, 1.165) is 51.9 Å². The van der Waals surface area contributed by atoms with Crippen molar-refractivity contribution in [2.75, 3.05) is 53.0 Å². The first kappa shape index (κ1) is 22.3. The fourth-order valence-corrected chi connectivity index (χ4v) is 5.28. The van der Waals surface area contributed by atoms with Gasteiger partial charge in [0.2, 0.25) is 0 Å². The van der Waals surface area contributed by atoms with Gasteiger partial charge in [-0.15, -0.1) is 11.3 Å². The van der Waals surface area contributed by atoms with Crippen LogP contribution in [0.4, 0.5) is 0 Å². The van der Waals surface area contributed by atoms with Gasteiger partial charge in [0.25, 0.3) is 0 Å². The highest BCUT2D eigenvalue weighted by Gasteiger charge is 2.24. The summed E-state index contributed by atoms with van der Waals surface area (Å²) in [5, 5.41) is 9.30. The standard InChI is InChI=1S/C24H35N5OS/c1-25-24(27-18-22(23-9-6-16-31-23)29-10-4-5-11-29)26-17-20-7-2-3-8-21(20)19-28-12-14-30-15-13-28/h2-3,6-9,16,22H,4-5,10-15,17-19H2,1H3,(H2,25,26,27). The van der Waals surface area contributed by atoms with Crippen molar-refractivity contribution in [1.29, 1.82) is 0 Å².